The normalized spacial score (nSPS) is 15.6. The van der Waals surface area contributed by atoms with Gasteiger partial charge in [-0.1, -0.05) is 18.2 Å². The number of halogens is 1. The lowest BCUT2D eigenvalue weighted by Gasteiger charge is -2.26. The summed E-state index contributed by atoms with van der Waals surface area (Å²) in [5, 5.41) is 9.27. The van der Waals surface area contributed by atoms with Gasteiger partial charge in [-0.3, -0.25) is 0 Å². The van der Waals surface area contributed by atoms with E-state index in [4.69, 9.17) is 9.15 Å². The standard InChI is InChI=1S/C17H15FN2O2/c18-16-4-2-1-3-15(16)13(12-19)11-14-5-6-17(22-14)20-7-9-21-10-8-20/h1-6,11H,7-10H2. The minimum absolute atomic E-state index is 0.237. The van der Waals surface area contributed by atoms with E-state index in [0.29, 0.717) is 19.0 Å². The fraction of sp³-hybridized carbons (Fsp3) is 0.235. The molecule has 0 N–H and O–H groups in total. The molecule has 1 aliphatic heterocycles. The van der Waals surface area contributed by atoms with Gasteiger partial charge in [0.05, 0.1) is 24.9 Å². The number of benzene rings is 1. The number of morpholine rings is 1. The van der Waals surface area contributed by atoms with Crippen molar-refractivity contribution in [3.8, 4) is 6.07 Å². The summed E-state index contributed by atoms with van der Waals surface area (Å²) in [5.74, 6) is 0.844. The van der Waals surface area contributed by atoms with Gasteiger partial charge in [-0.15, -0.1) is 0 Å². The van der Waals surface area contributed by atoms with Gasteiger partial charge < -0.3 is 14.1 Å². The number of nitrogens with zero attached hydrogens (tertiary/aromatic N) is 2. The van der Waals surface area contributed by atoms with E-state index in [1.54, 1.807) is 30.3 Å². The molecule has 2 aromatic rings. The summed E-state index contributed by atoms with van der Waals surface area (Å²) in [4.78, 5) is 2.08. The first-order chi connectivity index (χ1) is 10.8. The van der Waals surface area contributed by atoms with Crippen molar-refractivity contribution in [3.63, 3.8) is 0 Å². The number of ether oxygens (including phenoxy) is 1. The van der Waals surface area contributed by atoms with E-state index in [0.717, 1.165) is 19.0 Å². The Balaban J connectivity index is 1.86. The molecular weight excluding hydrogens is 283 g/mol. The number of nitriles is 1. The van der Waals surface area contributed by atoms with E-state index in [1.807, 2.05) is 12.1 Å². The number of furan rings is 1. The maximum atomic E-state index is 13.8. The Morgan fingerprint density at radius 2 is 1.95 bits per heavy atom. The first-order valence-electron chi connectivity index (χ1n) is 7.07. The van der Waals surface area contributed by atoms with Crippen LogP contribution in [0.1, 0.15) is 11.3 Å². The SMILES string of the molecule is N#CC(=Cc1ccc(N2CCOCC2)o1)c1ccccc1F. The lowest BCUT2D eigenvalue weighted by molar-refractivity contribution is 0.120. The van der Waals surface area contributed by atoms with Crippen LogP contribution in [-0.4, -0.2) is 26.3 Å². The number of rotatable bonds is 3. The number of hydrogen-bond acceptors (Lipinski definition) is 4. The van der Waals surface area contributed by atoms with Gasteiger partial charge in [-0.2, -0.15) is 5.26 Å². The Morgan fingerprint density at radius 3 is 2.68 bits per heavy atom. The van der Waals surface area contributed by atoms with E-state index < -0.39 is 5.82 Å². The van der Waals surface area contributed by atoms with E-state index in [1.165, 1.54) is 6.07 Å². The van der Waals surface area contributed by atoms with Gasteiger partial charge >= 0.3 is 0 Å². The third kappa shape index (κ3) is 3.02. The molecule has 0 radical (unpaired) electrons. The van der Waals surface area contributed by atoms with Crippen molar-refractivity contribution in [2.75, 3.05) is 31.2 Å². The predicted octanol–water partition coefficient (Wildman–Crippen LogP) is 3.32. The zero-order valence-corrected chi connectivity index (χ0v) is 12.0. The van der Waals surface area contributed by atoms with E-state index >= 15 is 0 Å². The molecule has 5 heteroatoms. The van der Waals surface area contributed by atoms with Crippen LogP contribution in [0.25, 0.3) is 11.6 Å². The fourth-order valence-electron chi connectivity index (χ4n) is 2.37. The Kier molecular flexibility index (Phi) is 4.22. The zero-order valence-electron chi connectivity index (χ0n) is 12.0. The van der Waals surface area contributed by atoms with Crippen molar-refractivity contribution in [2.24, 2.45) is 0 Å². The van der Waals surface area contributed by atoms with Crippen molar-refractivity contribution < 1.29 is 13.5 Å². The second-order valence-electron chi connectivity index (χ2n) is 4.93. The van der Waals surface area contributed by atoms with Crippen LogP contribution in [-0.2, 0) is 4.74 Å². The highest BCUT2D eigenvalue weighted by atomic mass is 19.1. The summed E-state index contributed by atoms with van der Waals surface area (Å²) >= 11 is 0. The summed E-state index contributed by atoms with van der Waals surface area (Å²) in [6, 6.07) is 11.9. The molecule has 1 saturated heterocycles. The van der Waals surface area contributed by atoms with Crippen LogP contribution in [0.15, 0.2) is 40.8 Å². The summed E-state index contributed by atoms with van der Waals surface area (Å²) in [6.07, 6.45) is 1.56. The summed E-state index contributed by atoms with van der Waals surface area (Å²) in [5.41, 5.74) is 0.510. The summed E-state index contributed by atoms with van der Waals surface area (Å²) in [6.45, 7) is 2.89. The van der Waals surface area contributed by atoms with Crippen molar-refractivity contribution in [2.45, 2.75) is 0 Å². The summed E-state index contributed by atoms with van der Waals surface area (Å²) < 4.78 is 24.8. The van der Waals surface area contributed by atoms with Gasteiger partial charge in [0, 0.05) is 24.7 Å². The molecule has 0 atom stereocenters. The van der Waals surface area contributed by atoms with Crippen molar-refractivity contribution in [1.82, 2.24) is 0 Å². The second-order valence-corrected chi connectivity index (χ2v) is 4.93. The molecule has 4 nitrogen and oxygen atoms in total. The van der Waals surface area contributed by atoms with Gasteiger partial charge in [-0.05, 0) is 18.2 Å². The van der Waals surface area contributed by atoms with Gasteiger partial charge in [-0.25, -0.2) is 4.39 Å². The number of anilines is 1. The molecule has 1 aromatic heterocycles. The molecule has 2 heterocycles. The maximum absolute atomic E-state index is 13.8. The molecule has 1 aliphatic rings. The molecule has 0 bridgehead atoms. The molecule has 3 rings (SSSR count). The molecule has 1 aromatic carbocycles. The third-order valence-electron chi connectivity index (χ3n) is 3.51. The average Bonchev–Trinajstić information content (AvgIpc) is 3.03. The van der Waals surface area contributed by atoms with Crippen LogP contribution in [0.3, 0.4) is 0 Å². The highest BCUT2D eigenvalue weighted by Gasteiger charge is 2.15. The highest BCUT2D eigenvalue weighted by molar-refractivity contribution is 5.89. The van der Waals surface area contributed by atoms with Crippen LogP contribution in [0.2, 0.25) is 0 Å². The van der Waals surface area contributed by atoms with Crippen LogP contribution in [0, 0.1) is 17.1 Å². The van der Waals surface area contributed by atoms with Gasteiger partial charge in [0.2, 0.25) is 0 Å². The summed E-state index contributed by atoms with van der Waals surface area (Å²) in [7, 11) is 0. The van der Waals surface area contributed by atoms with Crippen LogP contribution < -0.4 is 4.90 Å². The lowest BCUT2D eigenvalue weighted by Crippen LogP contribution is -2.35. The van der Waals surface area contributed by atoms with Crippen molar-refractivity contribution in [1.29, 1.82) is 5.26 Å². The van der Waals surface area contributed by atoms with E-state index in [9.17, 15) is 9.65 Å². The molecule has 22 heavy (non-hydrogen) atoms. The Bertz CT molecular complexity index is 724. The van der Waals surface area contributed by atoms with Gasteiger partial charge in [0.25, 0.3) is 0 Å². The highest BCUT2D eigenvalue weighted by Crippen LogP contribution is 2.25. The Labute approximate surface area is 128 Å². The maximum Gasteiger partial charge on any atom is 0.196 e. The number of hydrogen-bond donors (Lipinski definition) is 0. The average molecular weight is 298 g/mol. The minimum atomic E-state index is -0.421. The fourth-order valence-corrected chi connectivity index (χ4v) is 2.37. The van der Waals surface area contributed by atoms with Crippen LogP contribution in [0.5, 0.6) is 0 Å². The monoisotopic (exact) mass is 298 g/mol. The molecule has 0 spiro atoms. The topological polar surface area (TPSA) is 49.4 Å². The minimum Gasteiger partial charge on any atom is -0.441 e. The number of allylic oxidation sites excluding steroid dienone is 1. The van der Waals surface area contributed by atoms with Crippen molar-refractivity contribution >= 4 is 17.5 Å². The Hall–Kier alpha value is -2.58. The first kappa shape index (κ1) is 14.4. The zero-order chi connectivity index (χ0) is 15.4. The van der Waals surface area contributed by atoms with Crippen LogP contribution >= 0.6 is 0 Å². The van der Waals surface area contributed by atoms with E-state index in [2.05, 4.69) is 4.90 Å². The third-order valence-corrected chi connectivity index (χ3v) is 3.51. The Morgan fingerprint density at radius 1 is 1.18 bits per heavy atom. The molecule has 0 unspecified atom stereocenters. The second kappa shape index (κ2) is 6.46. The first-order valence-corrected chi connectivity index (χ1v) is 7.07. The largest absolute Gasteiger partial charge is 0.441 e. The molecule has 1 fully saturated rings. The van der Waals surface area contributed by atoms with Crippen molar-refractivity contribution in [3.05, 3.63) is 53.5 Å². The van der Waals surface area contributed by atoms with Gasteiger partial charge in [0.15, 0.2) is 5.88 Å². The molecule has 0 saturated carbocycles. The lowest BCUT2D eigenvalue weighted by atomic mass is 10.1. The van der Waals surface area contributed by atoms with Gasteiger partial charge in [0.1, 0.15) is 11.6 Å². The molecule has 0 amide bonds. The van der Waals surface area contributed by atoms with E-state index in [-0.39, 0.29) is 11.1 Å². The predicted molar refractivity (Wildman–Crippen MR) is 81.6 cm³/mol. The van der Waals surface area contributed by atoms with Crippen LogP contribution in [0.4, 0.5) is 10.3 Å². The molecular formula is C17H15FN2O2. The molecule has 112 valence electrons. The smallest absolute Gasteiger partial charge is 0.196 e. The molecule has 0 aliphatic carbocycles. The quantitative estimate of drug-likeness (QED) is 0.816.